The van der Waals surface area contributed by atoms with Crippen molar-refractivity contribution in [1.29, 1.82) is 0 Å². The van der Waals surface area contributed by atoms with Crippen LogP contribution in [0.2, 0.25) is 0 Å². The molecule has 0 aliphatic heterocycles. The molecule has 0 aromatic heterocycles. The average Bonchev–Trinajstić information content (AvgIpc) is 2.50. The van der Waals surface area contributed by atoms with Crippen LogP contribution in [0.25, 0.3) is 0 Å². The Morgan fingerprint density at radius 3 is 3.00 bits per heavy atom. The van der Waals surface area contributed by atoms with E-state index in [1.54, 1.807) is 0 Å². The number of fused-ring (bicyclic) bond motifs is 1. The van der Waals surface area contributed by atoms with Crippen LogP contribution in [0.1, 0.15) is 49.7 Å². The van der Waals surface area contributed by atoms with Crippen LogP contribution in [-0.4, -0.2) is 19.0 Å². The fourth-order valence-electron chi connectivity index (χ4n) is 3.08. The van der Waals surface area contributed by atoms with E-state index in [9.17, 15) is 4.79 Å². The quantitative estimate of drug-likeness (QED) is 0.837. The number of nitrogens with two attached hydrogens (primary N) is 1. The summed E-state index contributed by atoms with van der Waals surface area (Å²) in [6.07, 6.45) is 5.23. The molecule has 3 nitrogen and oxygen atoms in total. The third-order valence-corrected chi connectivity index (χ3v) is 4.40. The maximum Gasteiger partial charge on any atom is 0.227 e. The lowest BCUT2D eigenvalue weighted by Gasteiger charge is -2.25. The Morgan fingerprint density at radius 2 is 2.25 bits per heavy atom. The second kappa shape index (κ2) is 7.44. The molecule has 1 amide bonds. The van der Waals surface area contributed by atoms with Gasteiger partial charge in [-0.05, 0) is 49.3 Å². The molecule has 1 aliphatic carbocycles. The molecule has 2 rings (SSSR count). The van der Waals surface area contributed by atoms with Crippen molar-refractivity contribution in [3.05, 3.63) is 35.4 Å². The Hall–Kier alpha value is -1.35. The van der Waals surface area contributed by atoms with Gasteiger partial charge in [0, 0.05) is 6.54 Å². The third kappa shape index (κ3) is 3.60. The van der Waals surface area contributed by atoms with Gasteiger partial charge in [-0.15, -0.1) is 0 Å². The van der Waals surface area contributed by atoms with E-state index in [4.69, 9.17) is 5.73 Å². The number of aryl methyl sites for hydroxylation is 1. The summed E-state index contributed by atoms with van der Waals surface area (Å²) in [4.78, 5) is 12.4. The third-order valence-electron chi connectivity index (χ3n) is 4.40. The maximum absolute atomic E-state index is 12.4. The molecule has 0 radical (unpaired) electrons. The Kier molecular flexibility index (Phi) is 5.60. The van der Waals surface area contributed by atoms with Crippen LogP contribution in [0.3, 0.4) is 0 Å². The number of amides is 1. The summed E-state index contributed by atoms with van der Waals surface area (Å²) in [6, 6.07) is 8.36. The van der Waals surface area contributed by atoms with Crippen molar-refractivity contribution in [1.82, 2.24) is 5.32 Å². The molecule has 0 fully saturated rings. The first kappa shape index (κ1) is 15.0. The largest absolute Gasteiger partial charge is 0.355 e. The fourth-order valence-corrected chi connectivity index (χ4v) is 3.08. The molecule has 2 unspecified atom stereocenters. The number of hydrogen-bond donors (Lipinski definition) is 2. The summed E-state index contributed by atoms with van der Waals surface area (Å²) in [5.41, 5.74) is 8.17. The zero-order valence-corrected chi connectivity index (χ0v) is 12.4. The molecule has 1 aromatic carbocycles. The lowest BCUT2D eigenvalue weighted by molar-refractivity contribution is -0.123. The van der Waals surface area contributed by atoms with Crippen LogP contribution < -0.4 is 11.1 Å². The molecule has 3 heteroatoms. The van der Waals surface area contributed by atoms with Gasteiger partial charge in [-0.2, -0.15) is 0 Å². The van der Waals surface area contributed by atoms with E-state index in [1.165, 1.54) is 11.1 Å². The minimum absolute atomic E-state index is 0.0373. The van der Waals surface area contributed by atoms with E-state index >= 15 is 0 Å². The highest BCUT2D eigenvalue weighted by Crippen LogP contribution is 2.31. The summed E-state index contributed by atoms with van der Waals surface area (Å²) < 4.78 is 0. The lowest BCUT2D eigenvalue weighted by Crippen LogP contribution is -2.35. The first-order valence-electron chi connectivity index (χ1n) is 7.81. The van der Waals surface area contributed by atoms with Gasteiger partial charge in [0.1, 0.15) is 0 Å². The van der Waals surface area contributed by atoms with Gasteiger partial charge >= 0.3 is 0 Å². The van der Waals surface area contributed by atoms with Crippen LogP contribution in [0.4, 0.5) is 0 Å². The molecule has 3 N–H and O–H groups in total. The fraction of sp³-hybridized carbons (Fsp3) is 0.588. The Bertz CT molecular complexity index is 444. The van der Waals surface area contributed by atoms with Crippen LogP contribution >= 0.6 is 0 Å². The van der Waals surface area contributed by atoms with Gasteiger partial charge in [0.2, 0.25) is 5.91 Å². The molecule has 1 aliphatic rings. The normalized spacial score (nSPS) is 19.2. The minimum atomic E-state index is 0.0373. The summed E-state index contributed by atoms with van der Waals surface area (Å²) >= 11 is 0. The maximum atomic E-state index is 12.4. The zero-order valence-electron chi connectivity index (χ0n) is 12.4. The average molecular weight is 274 g/mol. The van der Waals surface area contributed by atoms with Crippen molar-refractivity contribution in [3.8, 4) is 0 Å². The second-order valence-corrected chi connectivity index (χ2v) is 5.74. The van der Waals surface area contributed by atoms with Gasteiger partial charge in [-0.25, -0.2) is 0 Å². The number of benzene rings is 1. The Balaban J connectivity index is 1.97. The highest BCUT2D eigenvalue weighted by Gasteiger charge is 2.26. The molecular formula is C17H26N2O. The molecule has 0 bridgehead atoms. The SMILES string of the molecule is CCC(CCN)CNC(=O)C1CCCc2ccccc21. The van der Waals surface area contributed by atoms with Gasteiger partial charge in [0.15, 0.2) is 0 Å². The molecule has 0 saturated heterocycles. The molecule has 1 aromatic rings. The smallest absolute Gasteiger partial charge is 0.227 e. The number of carbonyl (C=O) groups is 1. The Morgan fingerprint density at radius 1 is 1.45 bits per heavy atom. The summed E-state index contributed by atoms with van der Waals surface area (Å²) in [6.45, 7) is 3.61. The molecule has 0 saturated carbocycles. The van der Waals surface area contributed by atoms with Crippen molar-refractivity contribution in [2.45, 2.75) is 44.9 Å². The van der Waals surface area contributed by atoms with E-state index in [2.05, 4.69) is 30.4 Å². The molecule has 110 valence electrons. The van der Waals surface area contributed by atoms with Gasteiger partial charge in [0.05, 0.1) is 5.92 Å². The van der Waals surface area contributed by atoms with Crippen LogP contribution in [0.5, 0.6) is 0 Å². The van der Waals surface area contributed by atoms with Crippen molar-refractivity contribution in [2.24, 2.45) is 11.7 Å². The number of rotatable bonds is 6. The van der Waals surface area contributed by atoms with Crippen molar-refractivity contribution in [3.63, 3.8) is 0 Å². The van der Waals surface area contributed by atoms with E-state index in [-0.39, 0.29) is 11.8 Å². The lowest BCUT2D eigenvalue weighted by atomic mass is 9.82. The minimum Gasteiger partial charge on any atom is -0.355 e. The number of carbonyl (C=O) groups excluding carboxylic acids is 1. The number of hydrogen-bond acceptors (Lipinski definition) is 2. The topological polar surface area (TPSA) is 55.1 Å². The summed E-state index contributed by atoms with van der Waals surface area (Å²) in [7, 11) is 0. The predicted octanol–water partition coefficient (Wildman–Crippen LogP) is 2.60. The highest BCUT2D eigenvalue weighted by atomic mass is 16.1. The number of nitrogens with one attached hydrogen (secondary N) is 1. The van der Waals surface area contributed by atoms with Crippen molar-refractivity contribution < 1.29 is 4.79 Å². The first-order valence-corrected chi connectivity index (χ1v) is 7.81. The van der Waals surface area contributed by atoms with Crippen LogP contribution in [0.15, 0.2) is 24.3 Å². The first-order chi connectivity index (χ1) is 9.76. The highest BCUT2D eigenvalue weighted by molar-refractivity contribution is 5.84. The monoisotopic (exact) mass is 274 g/mol. The van der Waals surface area contributed by atoms with Crippen LogP contribution in [0, 0.1) is 5.92 Å². The summed E-state index contributed by atoms with van der Waals surface area (Å²) in [5, 5.41) is 3.13. The van der Waals surface area contributed by atoms with E-state index in [0.717, 1.165) is 38.6 Å². The summed E-state index contributed by atoms with van der Waals surface area (Å²) in [5.74, 6) is 0.728. The van der Waals surface area contributed by atoms with Crippen LogP contribution in [-0.2, 0) is 11.2 Å². The van der Waals surface area contributed by atoms with Gasteiger partial charge in [0.25, 0.3) is 0 Å². The van der Waals surface area contributed by atoms with Gasteiger partial charge in [-0.3, -0.25) is 4.79 Å². The zero-order chi connectivity index (χ0) is 14.4. The van der Waals surface area contributed by atoms with Crippen molar-refractivity contribution in [2.75, 3.05) is 13.1 Å². The molecule has 20 heavy (non-hydrogen) atoms. The van der Waals surface area contributed by atoms with Gasteiger partial charge in [-0.1, -0.05) is 37.6 Å². The second-order valence-electron chi connectivity index (χ2n) is 5.74. The Labute approximate surface area is 121 Å². The van der Waals surface area contributed by atoms with Gasteiger partial charge < -0.3 is 11.1 Å². The molecule has 2 atom stereocenters. The molecule has 0 heterocycles. The molecular weight excluding hydrogens is 248 g/mol. The van der Waals surface area contributed by atoms with E-state index < -0.39 is 0 Å². The molecule has 0 spiro atoms. The van der Waals surface area contributed by atoms with Crippen molar-refractivity contribution >= 4 is 5.91 Å². The predicted molar refractivity (Wildman–Crippen MR) is 82.6 cm³/mol. The standard InChI is InChI=1S/C17H26N2O/c1-2-13(10-11-18)12-19-17(20)16-9-5-7-14-6-3-4-8-15(14)16/h3-4,6,8,13,16H,2,5,7,9-12,18H2,1H3,(H,19,20). The van der Waals surface area contributed by atoms with E-state index in [0.29, 0.717) is 12.5 Å². The van der Waals surface area contributed by atoms with E-state index in [1.807, 2.05) is 6.07 Å².